The maximum absolute atomic E-state index is 14.1. The highest BCUT2D eigenvalue weighted by Gasteiger charge is 2.23. The molecule has 0 saturated carbocycles. The van der Waals surface area contributed by atoms with E-state index < -0.39 is 26.6 Å². The predicted molar refractivity (Wildman–Crippen MR) is 127 cm³/mol. The first-order valence-electron chi connectivity index (χ1n) is 9.93. The van der Waals surface area contributed by atoms with Crippen molar-refractivity contribution in [3.8, 4) is 11.1 Å². The topological polar surface area (TPSA) is 96.9 Å². The number of pyridine rings is 3. The molecule has 11 heteroatoms. The minimum absolute atomic E-state index is 0.0189. The van der Waals surface area contributed by atoms with Crippen LogP contribution in [0.25, 0.3) is 11.1 Å². The lowest BCUT2D eigenvalue weighted by Gasteiger charge is -2.16. The van der Waals surface area contributed by atoms with E-state index in [1.54, 1.807) is 31.5 Å². The summed E-state index contributed by atoms with van der Waals surface area (Å²) in [5.74, 6) is -0.983. The molecule has 0 bridgehead atoms. The fourth-order valence-electron chi connectivity index (χ4n) is 3.27. The second-order valence-electron chi connectivity index (χ2n) is 7.42. The Morgan fingerprint density at radius 2 is 1.62 bits per heavy atom. The molecule has 0 unspecified atom stereocenters. The van der Waals surface area contributed by atoms with Crippen LogP contribution in [0.5, 0.6) is 0 Å². The van der Waals surface area contributed by atoms with Crippen LogP contribution in [-0.4, -0.2) is 23.4 Å². The summed E-state index contributed by atoms with van der Waals surface area (Å²) >= 11 is 6.18. The van der Waals surface area contributed by atoms with Crippen molar-refractivity contribution < 1.29 is 17.2 Å². The molecule has 0 saturated heterocycles. The molecule has 4 aromatic rings. The molecular formula is C23H18ClF2N5O2S. The Hall–Kier alpha value is -3.63. The van der Waals surface area contributed by atoms with Crippen molar-refractivity contribution in [1.82, 2.24) is 15.0 Å². The molecule has 2 N–H and O–H groups in total. The van der Waals surface area contributed by atoms with Gasteiger partial charge >= 0.3 is 0 Å². The van der Waals surface area contributed by atoms with Crippen LogP contribution in [0.3, 0.4) is 0 Å². The van der Waals surface area contributed by atoms with Gasteiger partial charge in [-0.15, -0.1) is 0 Å². The van der Waals surface area contributed by atoms with Gasteiger partial charge in [-0.2, -0.15) is 0 Å². The molecule has 3 aromatic heterocycles. The first kappa shape index (κ1) is 23.5. The van der Waals surface area contributed by atoms with E-state index in [-0.39, 0.29) is 10.8 Å². The Balaban J connectivity index is 1.69. The molecule has 174 valence electrons. The highest BCUT2D eigenvalue weighted by Crippen LogP contribution is 2.34. The SMILES string of the molecule is Cc1ccnc(Nc2cc(-c3cnc(Cl)c(NS(=O)(=O)c4ccc(F)cc4F)c3C)ccn2)c1. The lowest BCUT2D eigenvalue weighted by molar-refractivity contribution is 0.551. The van der Waals surface area contributed by atoms with Gasteiger partial charge in [-0.3, -0.25) is 4.72 Å². The number of benzene rings is 1. The van der Waals surface area contributed by atoms with Crippen molar-refractivity contribution in [3.05, 3.63) is 89.0 Å². The predicted octanol–water partition coefficient (Wildman–Crippen LogP) is 5.63. The normalized spacial score (nSPS) is 11.3. The molecule has 0 fully saturated rings. The summed E-state index contributed by atoms with van der Waals surface area (Å²) in [4.78, 5) is 11.9. The molecule has 7 nitrogen and oxygen atoms in total. The lowest BCUT2D eigenvalue weighted by Crippen LogP contribution is -2.16. The zero-order chi connectivity index (χ0) is 24.5. The number of aromatic nitrogens is 3. The summed E-state index contributed by atoms with van der Waals surface area (Å²) < 4.78 is 55.2. The van der Waals surface area contributed by atoms with Gasteiger partial charge in [0.2, 0.25) is 0 Å². The number of anilines is 3. The number of aryl methyl sites for hydroxylation is 1. The van der Waals surface area contributed by atoms with Gasteiger partial charge in [0.15, 0.2) is 5.15 Å². The largest absolute Gasteiger partial charge is 0.325 e. The summed E-state index contributed by atoms with van der Waals surface area (Å²) in [6.45, 7) is 3.59. The fraction of sp³-hybridized carbons (Fsp3) is 0.0870. The third-order valence-corrected chi connectivity index (χ3v) is 6.62. The summed E-state index contributed by atoms with van der Waals surface area (Å²) in [7, 11) is -4.41. The Bertz CT molecular complexity index is 1500. The van der Waals surface area contributed by atoms with Crippen molar-refractivity contribution in [2.45, 2.75) is 18.7 Å². The zero-order valence-corrected chi connectivity index (χ0v) is 19.5. The average Bonchev–Trinajstić information content (AvgIpc) is 2.76. The summed E-state index contributed by atoms with van der Waals surface area (Å²) in [6.07, 6.45) is 4.76. The van der Waals surface area contributed by atoms with E-state index in [9.17, 15) is 17.2 Å². The summed E-state index contributed by atoms with van der Waals surface area (Å²) in [5.41, 5.74) is 2.72. The quantitative estimate of drug-likeness (QED) is 0.332. The van der Waals surface area contributed by atoms with Crippen LogP contribution < -0.4 is 10.0 Å². The van der Waals surface area contributed by atoms with Gasteiger partial charge in [0.1, 0.15) is 28.2 Å². The third-order valence-electron chi connectivity index (χ3n) is 4.95. The van der Waals surface area contributed by atoms with Gasteiger partial charge in [0.25, 0.3) is 10.0 Å². The lowest BCUT2D eigenvalue weighted by atomic mass is 10.0. The number of halogens is 3. The zero-order valence-electron chi connectivity index (χ0n) is 18.0. The molecule has 34 heavy (non-hydrogen) atoms. The molecule has 0 aliphatic heterocycles. The van der Waals surface area contributed by atoms with Crippen LogP contribution in [0.4, 0.5) is 26.1 Å². The van der Waals surface area contributed by atoms with E-state index in [1.807, 2.05) is 19.1 Å². The van der Waals surface area contributed by atoms with Gasteiger partial charge in [-0.05, 0) is 66.9 Å². The van der Waals surface area contributed by atoms with E-state index in [1.165, 1.54) is 6.20 Å². The Morgan fingerprint density at radius 1 is 0.912 bits per heavy atom. The molecule has 0 aliphatic carbocycles. The number of nitrogens with zero attached hydrogens (tertiary/aromatic N) is 3. The van der Waals surface area contributed by atoms with E-state index >= 15 is 0 Å². The van der Waals surface area contributed by atoms with E-state index in [0.29, 0.717) is 34.4 Å². The molecule has 0 spiro atoms. The minimum Gasteiger partial charge on any atom is -0.325 e. The van der Waals surface area contributed by atoms with Crippen LogP contribution in [-0.2, 0) is 10.0 Å². The molecule has 4 rings (SSSR count). The van der Waals surface area contributed by atoms with Crippen LogP contribution in [0.15, 0.2) is 66.0 Å². The van der Waals surface area contributed by atoms with Crippen molar-refractivity contribution in [3.63, 3.8) is 0 Å². The number of sulfonamides is 1. The molecule has 0 atom stereocenters. The first-order valence-corrected chi connectivity index (χ1v) is 11.8. The number of hydrogen-bond donors (Lipinski definition) is 2. The number of nitrogens with one attached hydrogen (secondary N) is 2. The maximum Gasteiger partial charge on any atom is 0.264 e. The first-order chi connectivity index (χ1) is 16.1. The Morgan fingerprint density at radius 3 is 2.32 bits per heavy atom. The second kappa shape index (κ2) is 9.32. The van der Waals surface area contributed by atoms with E-state index in [2.05, 4.69) is 25.0 Å². The standard InChI is InChI=1S/C23H18ClF2N5O2S/c1-13-5-7-27-20(9-13)30-21-10-15(6-8-28-21)17-12-29-23(24)22(14(17)2)31-34(32,33)19-4-3-16(25)11-18(19)26/h3-12,31H,1-2H3,(H,27,28,30). The van der Waals surface area contributed by atoms with Gasteiger partial charge in [0, 0.05) is 30.2 Å². The van der Waals surface area contributed by atoms with Gasteiger partial charge in [-0.25, -0.2) is 32.2 Å². The van der Waals surface area contributed by atoms with Gasteiger partial charge in [-0.1, -0.05) is 11.6 Å². The smallest absolute Gasteiger partial charge is 0.264 e. The Labute approximate surface area is 199 Å². The summed E-state index contributed by atoms with van der Waals surface area (Å²) in [5, 5.41) is 3.00. The third kappa shape index (κ3) is 4.97. The van der Waals surface area contributed by atoms with Crippen molar-refractivity contribution in [1.29, 1.82) is 0 Å². The van der Waals surface area contributed by atoms with Gasteiger partial charge < -0.3 is 5.32 Å². The van der Waals surface area contributed by atoms with Crippen LogP contribution in [0, 0.1) is 25.5 Å². The molecular weight excluding hydrogens is 484 g/mol. The van der Waals surface area contributed by atoms with Crippen molar-refractivity contribution >= 4 is 38.9 Å². The minimum atomic E-state index is -4.41. The van der Waals surface area contributed by atoms with Crippen LogP contribution in [0.2, 0.25) is 5.15 Å². The van der Waals surface area contributed by atoms with Crippen molar-refractivity contribution in [2.24, 2.45) is 0 Å². The summed E-state index contributed by atoms with van der Waals surface area (Å²) in [6, 6.07) is 9.41. The monoisotopic (exact) mass is 501 g/mol. The highest BCUT2D eigenvalue weighted by atomic mass is 35.5. The average molecular weight is 502 g/mol. The van der Waals surface area contributed by atoms with Crippen molar-refractivity contribution in [2.75, 3.05) is 10.0 Å². The molecule has 0 amide bonds. The Kier molecular flexibility index (Phi) is 6.45. The van der Waals surface area contributed by atoms with Crippen LogP contribution in [0.1, 0.15) is 11.1 Å². The second-order valence-corrected chi connectivity index (χ2v) is 9.42. The number of hydrogen-bond acceptors (Lipinski definition) is 6. The number of rotatable bonds is 6. The molecule has 3 heterocycles. The highest BCUT2D eigenvalue weighted by molar-refractivity contribution is 7.92. The maximum atomic E-state index is 14.1. The van der Waals surface area contributed by atoms with E-state index in [4.69, 9.17) is 11.6 Å². The molecule has 0 radical (unpaired) electrons. The fourth-order valence-corrected chi connectivity index (χ4v) is 4.75. The van der Waals surface area contributed by atoms with Gasteiger partial charge in [0.05, 0.1) is 5.69 Å². The molecule has 1 aromatic carbocycles. The van der Waals surface area contributed by atoms with E-state index in [0.717, 1.165) is 17.7 Å². The molecule has 0 aliphatic rings. The van der Waals surface area contributed by atoms with Crippen LogP contribution >= 0.6 is 11.6 Å².